The van der Waals surface area contributed by atoms with Gasteiger partial charge < -0.3 is 25.8 Å². The van der Waals surface area contributed by atoms with Crippen molar-refractivity contribution in [2.75, 3.05) is 18.5 Å². The number of carbonyl (C=O) groups excluding carboxylic acids is 1. The van der Waals surface area contributed by atoms with Crippen molar-refractivity contribution in [2.45, 2.75) is 83.4 Å². The topological polar surface area (TPSA) is 113 Å². The zero-order chi connectivity index (χ0) is 22.4. The molecule has 1 aliphatic heterocycles. The number of carbonyl (C=O) groups is 2. The summed E-state index contributed by atoms with van der Waals surface area (Å²) in [6.45, 7) is 6.86. The van der Waals surface area contributed by atoms with E-state index < -0.39 is 23.6 Å². The highest BCUT2D eigenvalue weighted by molar-refractivity contribution is 5.82. The Morgan fingerprint density at radius 2 is 2.10 bits per heavy atom. The minimum atomic E-state index is -1.05. The number of amides is 2. The Morgan fingerprint density at radius 1 is 1.32 bits per heavy atom. The van der Waals surface area contributed by atoms with Crippen molar-refractivity contribution in [3.8, 4) is 0 Å². The standard InChI is InChI=1S/C23H36N4O4/c1-23(2,3)27-22(30)26-19(21(28)29)10-12-31-18-13-15(14-18)6-8-17-9-7-16-5-4-11-24-20(16)25-17/h7,9,15,18-19H,4-6,8,10-14H2,1-3H3,(H,24,25)(H,28,29)(H2,26,27,30). The molecule has 2 heterocycles. The average molecular weight is 433 g/mol. The van der Waals surface area contributed by atoms with E-state index in [9.17, 15) is 14.7 Å². The number of anilines is 1. The van der Waals surface area contributed by atoms with Crippen LogP contribution in [-0.2, 0) is 22.4 Å². The summed E-state index contributed by atoms with van der Waals surface area (Å²) in [6.07, 6.45) is 6.78. The van der Waals surface area contributed by atoms with Gasteiger partial charge in [-0.05, 0) is 76.8 Å². The molecule has 172 valence electrons. The highest BCUT2D eigenvalue weighted by atomic mass is 16.5. The summed E-state index contributed by atoms with van der Waals surface area (Å²) in [7, 11) is 0. The zero-order valence-corrected chi connectivity index (χ0v) is 18.9. The molecule has 1 unspecified atom stereocenters. The number of nitrogens with zero attached hydrogens (tertiary/aromatic N) is 1. The molecule has 2 amide bonds. The summed E-state index contributed by atoms with van der Waals surface area (Å²) in [4.78, 5) is 28.1. The molecule has 1 fully saturated rings. The van der Waals surface area contributed by atoms with Crippen LogP contribution in [0, 0.1) is 5.92 Å². The summed E-state index contributed by atoms with van der Waals surface area (Å²) in [5, 5.41) is 18.0. The first-order valence-electron chi connectivity index (χ1n) is 11.4. The van der Waals surface area contributed by atoms with Gasteiger partial charge in [0.15, 0.2) is 0 Å². The third kappa shape index (κ3) is 7.38. The van der Waals surface area contributed by atoms with E-state index in [-0.39, 0.29) is 12.5 Å². The molecule has 31 heavy (non-hydrogen) atoms. The fourth-order valence-electron chi connectivity index (χ4n) is 4.05. The maximum atomic E-state index is 11.9. The second-order valence-corrected chi connectivity index (χ2v) is 9.74. The van der Waals surface area contributed by atoms with Gasteiger partial charge in [-0.2, -0.15) is 0 Å². The Labute approximate surface area is 184 Å². The lowest BCUT2D eigenvalue weighted by Gasteiger charge is -2.35. The minimum Gasteiger partial charge on any atom is -0.480 e. The van der Waals surface area contributed by atoms with Crippen LogP contribution in [0.1, 0.15) is 64.1 Å². The highest BCUT2D eigenvalue weighted by Crippen LogP contribution is 2.34. The van der Waals surface area contributed by atoms with E-state index in [0.29, 0.717) is 12.5 Å². The Kier molecular flexibility index (Phi) is 7.75. The van der Waals surface area contributed by atoms with Crippen LogP contribution < -0.4 is 16.0 Å². The molecule has 1 atom stereocenters. The summed E-state index contributed by atoms with van der Waals surface area (Å²) < 4.78 is 5.84. The Hall–Kier alpha value is -2.35. The van der Waals surface area contributed by atoms with E-state index in [0.717, 1.165) is 50.2 Å². The molecule has 3 rings (SSSR count). The van der Waals surface area contributed by atoms with Crippen LogP contribution in [-0.4, -0.2) is 52.9 Å². The highest BCUT2D eigenvalue weighted by Gasteiger charge is 2.30. The van der Waals surface area contributed by atoms with Crippen LogP contribution in [0.5, 0.6) is 0 Å². The zero-order valence-electron chi connectivity index (χ0n) is 18.9. The monoisotopic (exact) mass is 432 g/mol. The SMILES string of the molecule is CC(C)(C)NC(=O)NC(CCOC1CC(CCc2ccc3c(n2)NCCC3)C1)C(=O)O. The van der Waals surface area contributed by atoms with Gasteiger partial charge in [0.1, 0.15) is 11.9 Å². The number of pyridine rings is 1. The van der Waals surface area contributed by atoms with Crippen LogP contribution >= 0.6 is 0 Å². The van der Waals surface area contributed by atoms with Crippen molar-refractivity contribution in [3.63, 3.8) is 0 Å². The maximum Gasteiger partial charge on any atom is 0.326 e. The molecule has 0 radical (unpaired) electrons. The van der Waals surface area contributed by atoms with Crippen molar-refractivity contribution < 1.29 is 19.4 Å². The molecule has 1 saturated carbocycles. The van der Waals surface area contributed by atoms with Gasteiger partial charge in [0.05, 0.1) is 6.10 Å². The first-order valence-corrected chi connectivity index (χ1v) is 11.4. The fourth-order valence-corrected chi connectivity index (χ4v) is 4.05. The molecule has 0 bridgehead atoms. The molecular weight excluding hydrogens is 396 g/mol. The molecule has 1 aliphatic carbocycles. The molecule has 4 N–H and O–H groups in total. The van der Waals surface area contributed by atoms with Crippen molar-refractivity contribution in [3.05, 3.63) is 23.4 Å². The van der Waals surface area contributed by atoms with Crippen LogP contribution in [0.25, 0.3) is 0 Å². The van der Waals surface area contributed by atoms with Crippen molar-refractivity contribution in [1.29, 1.82) is 0 Å². The molecule has 8 heteroatoms. The summed E-state index contributed by atoms with van der Waals surface area (Å²) in [5.41, 5.74) is 2.04. The summed E-state index contributed by atoms with van der Waals surface area (Å²) in [6, 6.07) is 2.91. The number of aryl methyl sites for hydroxylation is 2. The molecule has 1 aromatic heterocycles. The lowest BCUT2D eigenvalue weighted by molar-refractivity contribution is -0.140. The van der Waals surface area contributed by atoms with Crippen molar-refractivity contribution >= 4 is 17.8 Å². The van der Waals surface area contributed by atoms with Crippen molar-refractivity contribution in [2.24, 2.45) is 5.92 Å². The van der Waals surface area contributed by atoms with E-state index in [4.69, 9.17) is 9.72 Å². The molecular formula is C23H36N4O4. The molecule has 2 aliphatic rings. The largest absolute Gasteiger partial charge is 0.480 e. The maximum absolute atomic E-state index is 11.9. The molecule has 8 nitrogen and oxygen atoms in total. The molecule has 1 aromatic rings. The van der Waals surface area contributed by atoms with Gasteiger partial charge in [0.25, 0.3) is 0 Å². The lowest BCUT2D eigenvalue weighted by atomic mass is 9.79. The van der Waals surface area contributed by atoms with E-state index in [1.165, 1.54) is 12.0 Å². The van der Waals surface area contributed by atoms with Gasteiger partial charge in [-0.25, -0.2) is 14.6 Å². The van der Waals surface area contributed by atoms with Gasteiger partial charge in [0, 0.05) is 30.8 Å². The van der Waals surface area contributed by atoms with E-state index in [1.807, 2.05) is 20.8 Å². The fraction of sp³-hybridized carbons (Fsp3) is 0.696. The van der Waals surface area contributed by atoms with Crippen LogP contribution in [0.3, 0.4) is 0 Å². The number of urea groups is 1. The molecule has 0 saturated heterocycles. The number of carboxylic acids is 1. The number of nitrogens with one attached hydrogen (secondary N) is 3. The Balaban J connectivity index is 1.31. The third-order valence-electron chi connectivity index (χ3n) is 5.81. The Bertz CT molecular complexity index is 771. The number of hydrogen-bond acceptors (Lipinski definition) is 5. The molecule has 0 aromatic carbocycles. The normalized spacial score (nSPS) is 21.3. The summed E-state index contributed by atoms with van der Waals surface area (Å²) in [5.74, 6) is 0.629. The second kappa shape index (κ2) is 10.3. The number of carboxylic acid groups (broad SMARTS) is 1. The van der Waals surface area contributed by atoms with Gasteiger partial charge >= 0.3 is 12.0 Å². The smallest absolute Gasteiger partial charge is 0.326 e. The van der Waals surface area contributed by atoms with E-state index >= 15 is 0 Å². The predicted octanol–water partition coefficient (Wildman–Crippen LogP) is 3.11. The number of hydrogen-bond donors (Lipinski definition) is 4. The van der Waals surface area contributed by atoms with Crippen LogP contribution in [0.2, 0.25) is 0 Å². The van der Waals surface area contributed by atoms with E-state index in [2.05, 4.69) is 28.1 Å². The minimum absolute atomic E-state index is 0.181. The number of rotatable bonds is 9. The number of aliphatic carboxylic acids is 1. The Morgan fingerprint density at radius 3 is 2.81 bits per heavy atom. The number of fused-ring (bicyclic) bond motifs is 1. The van der Waals surface area contributed by atoms with Gasteiger partial charge in [-0.15, -0.1) is 0 Å². The first-order chi connectivity index (χ1) is 14.7. The van der Waals surface area contributed by atoms with Crippen LogP contribution in [0.4, 0.5) is 10.6 Å². The quantitative estimate of drug-likeness (QED) is 0.477. The lowest BCUT2D eigenvalue weighted by Crippen LogP contribution is -2.52. The number of aromatic nitrogens is 1. The predicted molar refractivity (Wildman–Crippen MR) is 119 cm³/mol. The molecule has 0 spiro atoms. The second-order valence-electron chi connectivity index (χ2n) is 9.74. The first kappa shape index (κ1) is 23.3. The number of ether oxygens (including phenoxy) is 1. The van der Waals surface area contributed by atoms with Gasteiger partial charge in [-0.1, -0.05) is 6.07 Å². The van der Waals surface area contributed by atoms with E-state index in [1.54, 1.807) is 0 Å². The van der Waals surface area contributed by atoms with Crippen molar-refractivity contribution in [1.82, 2.24) is 15.6 Å². The van der Waals surface area contributed by atoms with Crippen LogP contribution in [0.15, 0.2) is 12.1 Å². The average Bonchev–Trinajstić information content (AvgIpc) is 2.66. The van der Waals surface area contributed by atoms with Gasteiger partial charge in [0.2, 0.25) is 0 Å². The van der Waals surface area contributed by atoms with Gasteiger partial charge in [-0.3, -0.25) is 0 Å². The summed E-state index contributed by atoms with van der Waals surface area (Å²) >= 11 is 0. The third-order valence-corrected chi connectivity index (χ3v) is 5.81.